The summed E-state index contributed by atoms with van der Waals surface area (Å²) in [6, 6.07) is 14.2. The standard InChI is InChI=1S/C21H26N4O3/c26-20(21(27)23-16-8-9-16)22-15-18(19-7-4-14-28-19)25-12-10-24(11-13-25)17-5-2-1-3-6-17/h1-7,14,16,18H,8-13,15H2,(H,22,26)(H,23,27)/t18-/m1/s1. The largest absolute Gasteiger partial charge is 0.468 e. The number of benzene rings is 1. The first-order valence-corrected chi connectivity index (χ1v) is 9.87. The van der Waals surface area contributed by atoms with Crippen LogP contribution in [0.4, 0.5) is 5.69 Å². The number of piperazine rings is 1. The van der Waals surface area contributed by atoms with Crippen molar-refractivity contribution in [1.29, 1.82) is 0 Å². The van der Waals surface area contributed by atoms with Crippen molar-refractivity contribution in [2.45, 2.75) is 24.9 Å². The lowest BCUT2D eigenvalue weighted by molar-refractivity contribution is -0.139. The number of hydrogen-bond donors (Lipinski definition) is 2. The summed E-state index contributed by atoms with van der Waals surface area (Å²) in [5.74, 6) is -0.322. The smallest absolute Gasteiger partial charge is 0.309 e. The highest BCUT2D eigenvalue weighted by Gasteiger charge is 2.30. The molecular weight excluding hydrogens is 356 g/mol. The maximum Gasteiger partial charge on any atom is 0.309 e. The van der Waals surface area contributed by atoms with Crippen LogP contribution >= 0.6 is 0 Å². The van der Waals surface area contributed by atoms with Gasteiger partial charge in [-0.3, -0.25) is 14.5 Å². The van der Waals surface area contributed by atoms with Crippen LogP contribution in [-0.4, -0.2) is 55.5 Å². The van der Waals surface area contributed by atoms with Gasteiger partial charge in [0.15, 0.2) is 0 Å². The molecule has 0 radical (unpaired) electrons. The van der Waals surface area contributed by atoms with Crippen molar-refractivity contribution >= 4 is 17.5 Å². The Morgan fingerprint density at radius 1 is 1.00 bits per heavy atom. The number of carbonyl (C=O) groups is 2. The molecule has 7 nitrogen and oxygen atoms in total. The number of nitrogens with one attached hydrogen (secondary N) is 2. The van der Waals surface area contributed by atoms with Crippen molar-refractivity contribution in [1.82, 2.24) is 15.5 Å². The highest BCUT2D eigenvalue weighted by Crippen LogP contribution is 2.24. The van der Waals surface area contributed by atoms with Crippen LogP contribution in [0.5, 0.6) is 0 Å². The van der Waals surface area contributed by atoms with Crippen LogP contribution in [0, 0.1) is 0 Å². The Labute approximate surface area is 164 Å². The Morgan fingerprint density at radius 3 is 2.39 bits per heavy atom. The number of hydrogen-bond acceptors (Lipinski definition) is 5. The second kappa shape index (κ2) is 8.48. The molecule has 2 aromatic rings. The van der Waals surface area contributed by atoms with Crippen molar-refractivity contribution in [3.63, 3.8) is 0 Å². The van der Waals surface area contributed by atoms with E-state index in [0.717, 1.165) is 44.8 Å². The van der Waals surface area contributed by atoms with Gasteiger partial charge in [0.25, 0.3) is 0 Å². The fourth-order valence-corrected chi connectivity index (χ4v) is 3.57. The van der Waals surface area contributed by atoms with Crippen molar-refractivity contribution in [3.8, 4) is 0 Å². The van der Waals surface area contributed by atoms with Crippen LogP contribution in [-0.2, 0) is 9.59 Å². The molecule has 1 aromatic heterocycles. The van der Waals surface area contributed by atoms with Gasteiger partial charge in [0.05, 0.1) is 12.3 Å². The van der Waals surface area contributed by atoms with Gasteiger partial charge in [-0.2, -0.15) is 0 Å². The molecule has 0 spiro atoms. The minimum absolute atomic E-state index is 0.0920. The normalized spacial score (nSPS) is 18.5. The van der Waals surface area contributed by atoms with Crippen LogP contribution < -0.4 is 15.5 Å². The Hall–Kier alpha value is -2.80. The molecule has 2 heterocycles. The van der Waals surface area contributed by atoms with Gasteiger partial charge in [-0.15, -0.1) is 0 Å². The molecule has 148 valence electrons. The monoisotopic (exact) mass is 382 g/mol. The van der Waals surface area contributed by atoms with Crippen molar-refractivity contribution in [2.24, 2.45) is 0 Å². The van der Waals surface area contributed by atoms with Gasteiger partial charge in [-0.05, 0) is 37.1 Å². The predicted octanol–water partition coefficient (Wildman–Crippen LogP) is 1.54. The SMILES string of the molecule is O=C(NC[C@H](c1ccco1)N1CCN(c2ccccc2)CC1)C(=O)NC1CC1. The van der Waals surface area contributed by atoms with Crippen LogP contribution in [0.25, 0.3) is 0 Å². The first-order chi connectivity index (χ1) is 13.7. The fourth-order valence-electron chi connectivity index (χ4n) is 3.57. The van der Waals surface area contributed by atoms with Crippen molar-refractivity contribution in [3.05, 3.63) is 54.5 Å². The van der Waals surface area contributed by atoms with Crippen LogP contribution in [0.2, 0.25) is 0 Å². The lowest BCUT2D eigenvalue weighted by atomic mass is 10.1. The summed E-state index contributed by atoms with van der Waals surface area (Å²) >= 11 is 0. The molecule has 2 amide bonds. The Kier molecular flexibility index (Phi) is 5.62. The third-order valence-corrected chi connectivity index (χ3v) is 5.32. The first kappa shape index (κ1) is 18.6. The molecule has 1 aliphatic carbocycles. The van der Waals surface area contributed by atoms with E-state index in [-0.39, 0.29) is 12.1 Å². The lowest BCUT2D eigenvalue weighted by Gasteiger charge is -2.39. The maximum absolute atomic E-state index is 12.1. The van der Waals surface area contributed by atoms with Crippen LogP contribution in [0.3, 0.4) is 0 Å². The van der Waals surface area contributed by atoms with Crippen molar-refractivity contribution < 1.29 is 14.0 Å². The number of carbonyl (C=O) groups excluding carboxylic acids is 2. The zero-order chi connectivity index (χ0) is 19.3. The lowest BCUT2D eigenvalue weighted by Crippen LogP contribution is -2.50. The number of amides is 2. The maximum atomic E-state index is 12.1. The number of anilines is 1. The minimum atomic E-state index is -0.577. The topological polar surface area (TPSA) is 77.8 Å². The molecule has 0 unspecified atom stereocenters. The van der Waals surface area contributed by atoms with Crippen molar-refractivity contribution in [2.75, 3.05) is 37.6 Å². The molecule has 0 bridgehead atoms. The molecule has 4 rings (SSSR count). The summed E-state index contributed by atoms with van der Waals surface area (Å²) in [4.78, 5) is 28.7. The highest BCUT2D eigenvalue weighted by atomic mass is 16.3. The molecule has 1 saturated heterocycles. The summed E-state index contributed by atoms with van der Waals surface area (Å²) in [7, 11) is 0. The molecule has 2 aliphatic rings. The van der Waals surface area contributed by atoms with E-state index in [9.17, 15) is 9.59 Å². The van der Waals surface area contributed by atoms with E-state index in [1.54, 1.807) is 6.26 Å². The fraction of sp³-hybridized carbons (Fsp3) is 0.429. The zero-order valence-corrected chi connectivity index (χ0v) is 15.8. The van der Waals surface area contributed by atoms with Gasteiger partial charge in [-0.25, -0.2) is 0 Å². The first-order valence-electron chi connectivity index (χ1n) is 9.87. The summed E-state index contributed by atoms with van der Waals surface area (Å²) in [5.41, 5.74) is 1.22. The second-order valence-electron chi connectivity index (χ2n) is 7.35. The van der Waals surface area contributed by atoms with Gasteiger partial charge in [-0.1, -0.05) is 18.2 Å². The number of furan rings is 1. The molecule has 1 aromatic carbocycles. The molecule has 2 N–H and O–H groups in total. The number of nitrogens with zero attached hydrogens (tertiary/aromatic N) is 2. The Bertz CT molecular complexity index is 781. The van der Waals surface area contributed by atoms with E-state index in [1.807, 2.05) is 18.2 Å². The van der Waals surface area contributed by atoms with E-state index >= 15 is 0 Å². The Morgan fingerprint density at radius 2 is 1.75 bits per heavy atom. The van der Waals surface area contributed by atoms with Gasteiger partial charge >= 0.3 is 11.8 Å². The predicted molar refractivity (Wildman–Crippen MR) is 106 cm³/mol. The van der Waals surface area contributed by atoms with E-state index in [2.05, 4.69) is 44.7 Å². The molecular formula is C21H26N4O3. The van der Waals surface area contributed by atoms with E-state index in [0.29, 0.717) is 6.54 Å². The third kappa shape index (κ3) is 4.54. The summed E-state index contributed by atoms with van der Waals surface area (Å²) in [5, 5.41) is 5.50. The molecule has 1 aliphatic heterocycles. The minimum Gasteiger partial charge on any atom is -0.468 e. The molecule has 1 atom stereocenters. The van der Waals surface area contributed by atoms with Gasteiger partial charge in [0, 0.05) is 44.5 Å². The third-order valence-electron chi connectivity index (χ3n) is 5.32. The van der Waals surface area contributed by atoms with Crippen LogP contribution in [0.1, 0.15) is 24.6 Å². The average molecular weight is 382 g/mol. The molecule has 1 saturated carbocycles. The average Bonchev–Trinajstić information content (AvgIpc) is 3.39. The van der Waals surface area contributed by atoms with Crippen LogP contribution in [0.15, 0.2) is 53.1 Å². The quantitative estimate of drug-likeness (QED) is 0.741. The summed E-state index contributed by atoms with van der Waals surface area (Å²) in [6.45, 7) is 3.85. The summed E-state index contributed by atoms with van der Waals surface area (Å²) < 4.78 is 5.62. The van der Waals surface area contributed by atoms with Gasteiger partial charge in [0.1, 0.15) is 5.76 Å². The Balaban J connectivity index is 1.35. The van der Waals surface area contributed by atoms with Gasteiger partial charge < -0.3 is 20.0 Å². The second-order valence-corrected chi connectivity index (χ2v) is 7.35. The van der Waals surface area contributed by atoms with E-state index in [4.69, 9.17) is 4.42 Å². The highest BCUT2D eigenvalue weighted by molar-refractivity contribution is 6.35. The van der Waals surface area contributed by atoms with E-state index in [1.165, 1.54) is 5.69 Å². The molecule has 2 fully saturated rings. The molecule has 7 heteroatoms. The molecule has 28 heavy (non-hydrogen) atoms. The zero-order valence-electron chi connectivity index (χ0n) is 15.8. The summed E-state index contributed by atoms with van der Waals surface area (Å²) in [6.07, 6.45) is 3.56. The van der Waals surface area contributed by atoms with E-state index < -0.39 is 11.8 Å². The number of para-hydroxylation sites is 1. The number of rotatable bonds is 6. The van der Waals surface area contributed by atoms with Gasteiger partial charge in [0.2, 0.25) is 0 Å².